The van der Waals surface area contributed by atoms with E-state index in [2.05, 4.69) is 10.2 Å². The van der Waals surface area contributed by atoms with Crippen LogP contribution in [0.5, 0.6) is 0 Å². The van der Waals surface area contributed by atoms with E-state index in [0.717, 1.165) is 25.9 Å². The van der Waals surface area contributed by atoms with Crippen LogP contribution >= 0.6 is 11.6 Å². The van der Waals surface area contributed by atoms with Gasteiger partial charge in [0.1, 0.15) is 0 Å². The molecule has 2 aliphatic rings. The highest BCUT2D eigenvalue weighted by Crippen LogP contribution is 2.31. The van der Waals surface area contributed by atoms with Crippen molar-refractivity contribution in [2.45, 2.75) is 38.6 Å². The molecule has 6 heteroatoms. The first-order valence-electron chi connectivity index (χ1n) is 9.66. The van der Waals surface area contributed by atoms with Crippen molar-refractivity contribution in [3.8, 4) is 0 Å². The zero-order valence-corrected chi connectivity index (χ0v) is 16.2. The van der Waals surface area contributed by atoms with E-state index < -0.39 is 0 Å². The van der Waals surface area contributed by atoms with Crippen LogP contribution in [-0.4, -0.2) is 60.4 Å². The molecule has 1 N–H and O–H groups in total. The molecule has 0 spiro atoms. The summed E-state index contributed by atoms with van der Waals surface area (Å²) in [5, 5.41) is 3.64. The Morgan fingerprint density at radius 3 is 2.31 bits per heavy atom. The zero-order valence-electron chi connectivity index (χ0n) is 15.4. The SMILES string of the molecule is CCNC(=O)C(C1CCCC1)N1CCN(C(=O)c2ccc(Cl)cc2)CC1. The van der Waals surface area contributed by atoms with Crippen molar-refractivity contribution in [1.82, 2.24) is 15.1 Å². The van der Waals surface area contributed by atoms with E-state index in [0.29, 0.717) is 36.1 Å². The Labute approximate surface area is 160 Å². The molecule has 1 saturated heterocycles. The fourth-order valence-electron chi connectivity index (χ4n) is 4.21. The smallest absolute Gasteiger partial charge is 0.253 e. The quantitative estimate of drug-likeness (QED) is 0.858. The second-order valence-electron chi connectivity index (χ2n) is 7.22. The van der Waals surface area contributed by atoms with Crippen LogP contribution in [0.4, 0.5) is 0 Å². The number of benzene rings is 1. The Kier molecular flexibility index (Phi) is 6.54. The fourth-order valence-corrected chi connectivity index (χ4v) is 4.33. The normalized spacial score (nSPS) is 20.2. The Morgan fingerprint density at radius 2 is 1.73 bits per heavy atom. The van der Waals surface area contributed by atoms with Gasteiger partial charge in [0, 0.05) is 43.3 Å². The van der Waals surface area contributed by atoms with Gasteiger partial charge in [0.15, 0.2) is 0 Å². The number of carbonyl (C=O) groups is 2. The van der Waals surface area contributed by atoms with Crippen molar-refractivity contribution in [3.63, 3.8) is 0 Å². The summed E-state index contributed by atoms with van der Waals surface area (Å²) >= 11 is 5.90. The highest BCUT2D eigenvalue weighted by molar-refractivity contribution is 6.30. The summed E-state index contributed by atoms with van der Waals surface area (Å²) in [6, 6.07) is 6.98. The molecule has 5 nitrogen and oxygen atoms in total. The molecular weight excluding hydrogens is 350 g/mol. The van der Waals surface area contributed by atoms with Gasteiger partial charge in [-0.25, -0.2) is 0 Å². The molecule has 1 unspecified atom stereocenters. The summed E-state index contributed by atoms with van der Waals surface area (Å²) in [5.74, 6) is 0.633. The van der Waals surface area contributed by atoms with Gasteiger partial charge in [-0.15, -0.1) is 0 Å². The maximum absolute atomic E-state index is 12.7. The number of nitrogens with one attached hydrogen (secondary N) is 1. The first kappa shape index (κ1) is 19.2. The monoisotopic (exact) mass is 377 g/mol. The van der Waals surface area contributed by atoms with Crippen molar-refractivity contribution in [1.29, 1.82) is 0 Å². The Balaban J connectivity index is 1.62. The van der Waals surface area contributed by atoms with Crippen LogP contribution in [-0.2, 0) is 4.79 Å². The van der Waals surface area contributed by atoms with Gasteiger partial charge in [-0.1, -0.05) is 24.4 Å². The lowest BCUT2D eigenvalue weighted by molar-refractivity contribution is -0.129. The molecule has 26 heavy (non-hydrogen) atoms. The van der Waals surface area contributed by atoms with Crippen LogP contribution in [0.25, 0.3) is 0 Å². The van der Waals surface area contributed by atoms with Crippen molar-refractivity contribution in [3.05, 3.63) is 34.9 Å². The number of hydrogen-bond donors (Lipinski definition) is 1. The number of hydrogen-bond acceptors (Lipinski definition) is 3. The molecule has 0 bridgehead atoms. The molecule has 0 aromatic heterocycles. The van der Waals surface area contributed by atoms with E-state index in [1.807, 2.05) is 11.8 Å². The van der Waals surface area contributed by atoms with Crippen molar-refractivity contribution in [2.75, 3.05) is 32.7 Å². The molecule has 142 valence electrons. The summed E-state index contributed by atoms with van der Waals surface area (Å²) in [4.78, 5) is 29.5. The van der Waals surface area contributed by atoms with Crippen LogP contribution in [0.1, 0.15) is 43.0 Å². The van der Waals surface area contributed by atoms with Crippen LogP contribution in [0, 0.1) is 5.92 Å². The number of nitrogens with zero attached hydrogens (tertiary/aromatic N) is 2. The maximum Gasteiger partial charge on any atom is 0.253 e. The van der Waals surface area contributed by atoms with Gasteiger partial charge in [0.05, 0.1) is 6.04 Å². The summed E-state index contributed by atoms with van der Waals surface area (Å²) in [6.45, 7) is 5.44. The predicted octanol–water partition coefficient (Wildman–Crippen LogP) is 2.79. The highest BCUT2D eigenvalue weighted by Gasteiger charge is 2.37. The second-order valence-corrected chi connectivity index (χ2v) is 7.66. The summed E-state index contributed by atoms with van der Waals surface area (Å²) in [5.41, 5.74) is 0.666. The number of rotatable bonds is 5. The average molecular weight is 378 g/mol. The Morgan fingerprint density at radius 1 is 1.12 bits per heavy atom. The largest absolute Gasteiger partial charge is 0.355 e. The second kappa shape index (κ2) is 8.87. The third-order valence-electron chi connectivity index (χ3n) is 5.55. The Hall–Kier alpha value is -1.59. The predicted molar refractivity (Wildman–Crippen MR) is 103 cm³/mol. The van der Waals surface area contributed by atoms with Crippen molar-refractivity contribution < 1.29 is 9.59 Å². The van der Waals surface area contributed by atoms with Crippen molar-refractivity contribution in [2.24, 2.45) is 5.92 Å². The molecule has 1 saturated carbocycles. The molecule has 0 radical (unpaired) electrons. The number of piperazine rings is 1. The Bertz CT molecular complexity index is 620. The topological polar surface area (TPSA) is 52.7 Å². The van der Waals surface area contributed by atoms with Gasteiger partial charge in [-0.2, -0.15) is 0 Å². The van der Waals surface area contributed by atoms with Crippen LogP contribution in [0.15, 0.2) is 24.3 Å². The number of carbonyl (C=O) groups excluding carboxylic acids is 2. The third-order valence-corrected chi connectivity index (χ3v) is 5.80. The molecule has 1 aromatic rings. The number of halogens is 1. The van der Waals surface area contributed by atoms with E-state index in [-0.39, 0.29) is 17.9 Å². The standard InChI is InChI=1S/C20H28ClN3O2/c1-2-22-19(25)18(15-5-3-4-6-15)23-11-13-24(14-12-23)20(26)16-7-9-17(21)10-8-16/h7-10,15,18H,2-6,11-14H2,1H3,(H,22,25). The lowest BCUT2D eigenvalue weighted by Gasteiger charge is -2.40. The third kappa shape index (κ3) is 4.38. The first-order chi connectivity index (χ1) is 12.6. The van der Waals surface area contributed by atoms with E-state index in [1.165, 1.54) is 12.8 Å². The zero-order chi connectivity index (χ0) is 18.5. The molecule has 2 amide bonds. The van der Waals surface area contributed by atoms with Gasteiger partial charge in [0.25, 0.3) is 5.91 Å². The van der Waals surface area contributed by atoms with E-state index in [9.17, 15) is 9.59 Å². The fraction of sp³-hybridized carbons (Fsp3) is 0.600. The molecule has 2 fully saturated rings. The first-order valence-corrected chi connectivity index (χ1v) is 10.0. The molecular formula is C20H28ClN3O2. The molecule has 1 aliphatic carbocycles. The molecule has 1 heterocycles. The van der Waals surface area contributed by atoms with Gasteiger partial charge in [0.2, 0.25) is 5.91 Å². The average Bonchev–Trinajstić information content (AvgIpc) is 3.17. The molecule has 1 atom stereocenters. The molecule has 1 aliphatic heterocycles. The minimum atomic E-state index is -0.0507. The van der Waals surface area contributed by atoms with Gasteiger partial charge in [-0.05, 0) is 49.9 Å². The number of amides is 2. The van der Waals surface area contributed by atoms with Crippen LogP contribution in [0.2, 0.25) is 5.02 Å². The van der Waals surface area contributed by atoms with Gasteiger partial charge >= 0.3 is 0 Å². The minimum Gasteiger partial charge on any atom is -0.355 e. The van der Waals surface area contributed by atoms with Gasteiger partial charge in [-0.3, -0.25) is 14.5 Å². The lowest BCUT2D eigenvalue weighted by atomic mass is 9.95. The molecule has 1 aromatic carbocycles. The van der Waals surface area contributed by atoms with E-state index >= 15 is 0 Å². The van der Waals surface area contributed by atoms with E-state index in [4.69, 9.17) is 11.6 Å². The van der Waals surface area contributed by atoms with Gasteiger partial charge < -0.3 is 10.2 Å². The van der Waals surface area contributed by atoms with Crippen molar-refractivity contribution >= 4 is 23.4 Å². The number of likely N-dealkylation sites (N-methyl/N-ethyl adjacent to an activating group) is 1. The maximum atomic E-state index is 12.7. The summed E-state index contributed by atoms with van der Waals surface area (Å²) < 4.78 is 0. The van der Waals surface area contributed by atoms with E-state index in [1.54, 1.807) is 24.3 Å². The molecule has 3 rings (SSSR count). The van der Waals surface area contributed by atoms with Crippen LogP contribution < -0.4 is 5.32 Å². The minimum absolute atomic E-state index is 0.0387. The highest BCUT2D eigenvalue weighted by atomic mass is 35.5. The van der Waals surface area contributed by atoms with Crippen LogP contribution in [0.3, 0.4) is 0 Å². The summed E-state index contributed by atoms with van der Waals surface area (Å²) in [7, 11) is 0. The lowest BCUT2D eigenvalue weighted by Crippen LogP contribution is -2.58. The summed E-state index contributed by atoms with van der Waals surface area (Å²) in [6.07, 6.45) is 4.70.